The normalized spacial score (nSPS) is 25.0. The predicted molar refractivity (Wildman–Crippen MR) is 79.0 cm³/mol. The molecule has 5 nitrogen and oxygen atoms in total. The van der Waals surface area contributed by atoms with E-state index in [9.17, 15) is 4.79 Å². The Morgan fingerprint density at radius 2 is 2.19 bits per heavy atom. The van der Waals surface area contributed by atoms with Gasteiger partial charge in [0.2, 0.25) is 0 Å². The molecule has 0 atom stereocenters. The van der Waals surface area contributed by atoms with Gasteiger partial charge in [-0.2, -0.15) is 0 Å². The van der Waals surface area contributed by atoms with Crippen molar-refractivity contribution in [2.75, 3.05) is 13.1 Å². The molecular weight excluding hydrogens is 268 g/mol. The standard InChI is InChI=1S/C16H24N2O3/c1-11-2-5-15(21-11)8-17-13-6-14(7-13)18(10-16(19)20)9-12-3-4-12/h2,5,12-14,17H,3-4,6-10H2,1H3,(H,19,20). The Morgan fingerprint density at radius 1 is 1.43 bits per heavy atom. The first-order chi connectivity index (χ1) is 10.1. The molecule has 2 aliphatic carbocycles. The van der Waals surface area contributed by atoms with Crippen molar-refractivity contribution in [3.63, 3.8) is 0 Å². The van der Waals surface area contributed by atoms with E-state index in [1.807, 2.05) is 19.1 Å². The molecule has 0 bridgehead atoms. The summed E-state index contributed by atoms with van der Waals surface area (Å²) in [5.41, 5.74) is 0. The van der Waals surface area contributed by atoms with Crippen molar-refractivity contribution in [2.45, 2.75) is 51.2 Å². The van der Waals surface area contributed by atoms with Crippen molar-refractivity contribution < 1.29 is 14.3 Å². The molecule has 116 valence electrons. The number of nitrogens with one attached hydrogen (secondary N) is 1. The van der Waals surface area contributed by atoms with Gasteiger partial charge in [0.25, 0.3) is 0 Å². The second kappa shape index (κ2) is 6.20. The maximum absolute atomic E-state index is 11.0. The van der Waals surface area contributed by atoms with E-state index in [-0.39, 0.29) is 6.54 Å². The monoisotopic (exact) mass is 292 g/mol. The lowest BCUT2D eigenvalue weighted by Crippen LogP contribution is -2.54. The smallest absolute Gasteiger partial charge is 0.317 e. The number of hydrogen-bond acceptors (Lipinski definition) is 4. The lowest BCUT2D eigenvalue weighted by Gasteiger charge is -2.42. The van der Waals surface area contributed by atoms with Crippen molar-refractivity contribution >= 4 is 5.97 Å². The number of nitrogens with zero attached hydrogens (tertiary/aromatic N) is 1. The summed E-state index contributed by atoms with van der Waals surface area (Å²) in [4.78, 5) is 13.1. The third-order valence-electron chi connectivity index (χ3n) is 4.52. The van der Waals surface area contributed by atoms with E-state index in [4.69, 9.17) is 9.52 Å². The molecule has 1 heterocycles. The summed E-state index contributed by atoms with van der Waals surface area (Å²) in [7, 11) is 0. The molecule has 0 saturated heterocycles. The first kappa shape index (κ1) is 14.6. The van der Waals surface area contributed by atoms with Crippen molar-refractivity contribution in [1.82, 2.24) is 10.2 Å². The Morgan fingerprint density at radius 3 is 2.76 bits per heavy atom. The van der Waals surface area contributed by atoms with Crippen LogP contribution >= 0.6 is 0 Å². The van der Waals surface area contributed by atoms with Crippen molar-refractivity contribution in [2.24, 2.45) is 5.92 Å². The molecule has 0 unspecified atom stereocenters. The third-order valence-corrected chi connectivity index (χ3v) is 4.52. The minimum Gasteiger partial charge on any atom is -0.480 e. The van der Waals surface area contributed by atoms with Gasteiger partial charge in [-0.05, 0) is 50.7 Å². The quantitative estimate of drug-likeness (QED) is 0.767. The first-order valence-electron chi connectivity index (χ1n) is 7.84. The fraction of sp³-hybridized carbons (Fsp3) is 0.688. The largest absolute Gasteiger partial charge is 0.480 e. The molecule has 3 rings (SSSR count). The number of aliphatic carboxylic acids is 1. The molecule has 0 aromatic carbocycles. The highest BCUT2D eigenvalue weighted by atomic mass is 16.4. The van der Waals surface area contributed by atoms with Gasteiger partial charge in [-0.25, -0.2) is 0 Å². The Bertz CT molecular complexity index is 489. The maximum atomic E-state index is 11.0. The molecule has 21 heavy (non-hydrogen) atoms. The van der Waals surface area contributed by atoms with E-state index in [0.717, 1.165) is 43.4 Å². The minimum atomic E-state index is -0.710. The Balaban J connectivity index is 1.41. The van der Waals surface area contributed by atoms with E-state index in [1.54, 1.807) is 0 Å². The highest BCUT2D eigenvalue weighted by molar-refractivity contribution is 5.69. The molecule has 1 aromatic heterocycles. The van der Waals surface area contributed by atoms with Gasteiger partial charge in [0, 0.05) is 18.6 Å². The van der Waals surface area contributed by atoms with Crippen LogP contribution in [0, 0.1) is 12.8 Å². The van der Waals surface area contributed by atoms with Crippen LogP contribution in [-0.4, -0.2) is 41.1 Å². The molecule has 2 saturated carbocycles. The number of carboxylic acids is 1. The van der Waals surface area contributed by atoms with Gasteiger partial charge in [0.05, 0.1) is 13.1 Å². The Labute approximate surface area is 125 Å². The van der Waals surface area contributed by atoms with Crippen LogP contribution < -0.4 is 5.32 Å². The zero-order valence-corrected chi connectivity index (χ0v) is 12.5. The first-order valence-corrected chi connectivity index (χ1v) is 7.84. The zero-order chi connectivity index (χ0) is 14.8. The molecule has 5 heteroatoms. The maximum Gasteiger partial charge on any atom is 0.317 e. The molecule has 0 amide bonds. The predicted octanol–water partition coefficient (Wildman–Crippen LogP) is 2.01. The Hall–Kier alpha value is -1.33. The summed E-state index contributed by atoms with van der Waals surface area (Å²) in [5.74, 6) is 1.94. The van der Waals surface area contributed by atoms with Gasteiger partial charge in [0.15, 0.2) is 0 Å². The van der Waals surface area contributed by atoms with E-state index in [0.29, 0.717) is 12.1 Å². The van der Waals surface area contributed by atoms with Gasteiger partial charge < -0.3 is 14.8 Å². The second-order valence-corrected chi connectivity index (χ2v) is 6.48. The zero-order valence-electron chi connectivity index (χ0n) is 12.5. The average Bonchev–Trinajstić information content (AvgIpc) is 3.07. The topological polar surface area (TPSA) is 65.7 Å². The highest BCUT2D eigenvalue weighted by Crippen LogP contribution is 2.33. The van der Waals surface area contributed by atoms with Crippen LogP contribution in [0.3, 0.4) is 0 Å². The molecule has 2 N–H and O–H groups in total. The highest BCUT2D eigenvalue weighted by Gasteiger charge is 2.36. The SMILES string of the molecule is Cc1ccc(CNC2CC(N(CC(=O)O)CC3CC3)C2)o1. The number of hydrogen-bond donors (Lipinski definition) is 2. The second-order valence-electron chi connectivity index (χ2n) is 6.48. The number of carboxylic acid groups (broad SMARTS) is 1. The van der Waals surface area contributed by atoms with Gasteiger partial charge >= 0.3 is 5.97 Å². The Kier molecular flexibility index (Phi) is 4.31. The van der Waals surface area contributed by atoms with E-state index in [1.165, 1.54) is 12.8 Å². The lowest BCUT2D eigenvalue weighted by molar-refractivity contribution is -0.139. The van der Waals surface area contributed by atoms with Crippen LogP contribution in [0.4, 0.5) is 0 Å². The van der Waals surface area contributed by atoms with E-state index < -0.39 is 5.97 Å². The molecule has 2 fully saturated rings. The molecule has 0 spiro atoms. The molecule has 2 aliphatic rings. The van der Waals surface area contributed by atoms with Crippen LogP contribution in [-0.2, 0) is 11.3 Å². The average molecular weight is 292 g/mol. The van der Waals surface area contributed by atoms with Crippen molar-refractivity contribution in [3.8, 4) is 0 Å². The van der Waals surface area contributed by atoms with Crippen LogP contribution in [0.1, 0.15) is 37.2 Å². The summed E-state index contributed by atoms with van der Waals surface area (Å²) in [6.45, 7) is 3.85. The van der Waals surface area contributed by atoms with Crippen LogP contribution in [0.5, 0.6) is 0 Å². The van der Waals surface area contributed by atoms with Crippen molar-refractivity contribution in [1.29, 1.82) is 0 Å². The molecule has 0 aliphatic heterocycles. The van der Waals surface area contributed by atoms with Gasteiger partial charge in [0.1, 0.15) is 11.5 Å². The van der Waals surface area contributed by atoms with Gasteiger partial charge in [-0.3, -0.25) is 9.69 Å². The van der Waals surface area contributed by atoms with Crippen LogP contribution in [0.15, 0.2) is 16.5 Å². The van der Waals surface area contributed by atoms with E-state index >= 15 is 0 Å². The summed E-state index contributed by atoms with van der Waals surface area (Å²) in [6.07, 6.45) is 4.62. The summed E-state index contributed by atoms with van der Waals surface area (Å²) in [6, 6.07) is 4.89. The summed E-state index contributed by atoms with van der Waals surface area (Å²) < 4.78 is 5.54. The van der Waals surface area contributed by atoms with Crippen LogP contribution in [0.2, 0.25) is 0 Å². The number of furan rings is 1. The van der Waals surface area contributed by atoms with Gasteiger partial charge in [-0.15, -0.1) is 0 Å². The number of rotatable bonds is 8. The fourth-order valence-corrected chi connectivity index (χ4v) is 3.03. The number of aryl methyl sites for hydroxylation is 1. The number of carbonyl (C=O) groups is 1. The fourth-order valence-electron chi connectivity index (χ4n) is 3.03. The minimum absolute atomic E-state index is 0.186. The molecular formula is C16H24N2O3. The van der Waals surface area contributed by atoms with Crippen LogP contribution in [0.25, 0.3) is 0 Å². The van der Waals surface area contributed by atoms with E-state index in [2.05, 4.69) is 10.2 Å². The third kappa shape index (κ3) is 4.08. The lowest BCUT2D eigenvalue weighted by atomic mass is 9.85. The summed E-state index contributed by atoms with van der Waals surface area (Å²) in [5, 5.41) is 12.5. The van der Waals surface area contributed by atoms with Gasteiger partial charge in [-0.1, -0.05) is 0 Å². The van der Waals surface area contributed by atoms with Crippen molar-refractivity contribution in [3.05, 3.63) is 23.7 Å². The summed E-state index contributed by atoms with van der Waals surface area (Å²) >= 11 is 0. The molecule has 0 radical (unpaired) electrons. The molecule has 1 aromatic rings.